The van der Waals surface area contributed by atoms with Crippen LogP contribution in [0.15, 0.2) is 0 Å². The van der Waals surface area contributed by atoms with Gasteiger partial charge >= 0.3 is 7.60 Å². The zero-order valence-electron chi connectivity index (χ0n) is 5.37. The number of aliphatic hydroxyl groups is 1. The van der Waals surface area contributed by atoms with Gasteiger partial charge in [0.25, 0.3) is 0 Å². The van der Waals surface area contributed by atoms with E-state index in [9.17, 15) is 4.57 Å². The van der Waals surface area contributed by atoms with Crippen molar-refractivity contribution in [3.63, 3.8) is 0 Å². The molecule has 2 unspecified atom stereocenters. The summed E-state index contributed by atoms with van der Waals surface area (Å²) in [5.41, 5.74) is 0. The summed E-state index contributed by atoms with van der Waals surface area (Å²) in [7, 11) is -3.30. The second-order valence-corrected chi connectivity index (χ2v) is 6.01. The molecular weight excluding hydrogens is 237 g/mol. The second kappa shape index (κ2) is 3.79. The van der Waals surface area contributed by atoms with E-state index in [1.165, 1.54) is 0 Å². The van der Waals surface area contributed by atoms with Crippen LogP contribution in [0.4, 0.5) is 0 Å². The van der Waals surface area contributed by atoms with Gasteiger partial charge in [0.1, 0.15) is 0 Å². The molecule has 0 aliphatic carbocycles. The highest BCUT2D eigenvalue weighted by atomic mass is 35.6. The maximum atomic E-state index is 10.8. The van der Waals surface area contributed by atoms with Gasteiger partial charge in [0.05, 0.1) is 0 Å². The van der Waals surface area contributed by atoms with Gasteiger partial charge in [-0.1, -0.05) is 34.8 Å². The van der Waals surface area contributed by atoms with Gasteiger partial charge in [-0.3, -0.25) is 4.57 Å². The molecule has 0 aliphatic rings. The van der Waals surface area contributed by atoms with Gasteiger partial charge in [-0.15, -0.1) is 0 Å². The summed E-state index contributed by atoms with van der Waals surface area (Å²) in [4.78, 5) is 8.76. The normalized spacial score (nSPS) is 20.9. The van der Waals surface area contributed by atoms with Crippen LogP contribution in [0.3, 0.4) is 0 Å². The molecule has 0 rings (SSSR count). The van der Waals surface area contributed by atoms with Crippen molar-refractivity contribution in [2.75, 3.05) is 7.11 Å². The predicted molar refractivity (Wildman–Crippen MR) is 43.1 cm³/mol. The van der Waals surface area contributed by atoms with Gasteiger partial charge in [0.15, 0.2) is 0 Å². The van der Waals surface area contributed by atoms with Gasteiger partial charge in [0.2, 0.25) is 9.64 Å². The van der Waals surface area contributed by atoms with Crippen LogP contribution in [0, 0.1) is 0 Å². The summed E-state index contributed by atoms with van der Waals surface area (Å²) in [6.07, 6.45) is 0. The molecule has 2 atom stereocenters. The molecule has 0 aromatic rings. The quantitative estimate of drug-likeness (QED) is 0.570. The molecule has 0 aromatic heterocycles. The Kier molecular flexibility index (Phi) is 4.13. The van der Waals surface area contributed by atoms with Crippen molar-refractivity contribution in [1.29, 1.82) is 0 Å². The van der Waals surface area contributed by atoms with E-state index >= 15 is 0 Å². The standard InChI is InChI=1S/C3H6Cl3O4P/c1-10-11(8,9)2(7)3(4,5)6/h2,7H,1H3,(H,8,9). The highest BCUT2D eigenvalue weighted by Crippen LogP contribution is 2.54. The van der Waals surface area contributed by atoms with E-state index < -0.39 is 17.2 Å². The molecule has 0 aliphatic heterocycles. The Hall–Kier alpha value is 0.980. The van der Waals surface area contributed by atoms with Crippen LogP contribution in [0.25, 0.3) is 0 Å². The SMILES string of the molecule is COP(=O)(O)C(O)C(Cl)(Cl)Cl. The van der Waals surface area contributed by atoms with Crippen molar-refractivity contribution in [3.8, 4) is 0 Å². The molecule has 11 heavy (non-hydrogen) atoms. The van der Waals surface area contributed by atoms with E-state index in [-0.39, 0.29) is 0 Å². The first kappa shape index (κ1) is 12.0. The third-order valence-electron chi connectivity index (χ3n) is 0.863. The van der Waals surface area contributed by atoms with Crippen LogP contribution < -0.4 is 0 Å². The van der Waals surface area contributed by atoms with Crippen molar-refractivity contribution >= 4 is 42.4 Å². The fraction of sp³-hybridized carbons (Fsp3) is 1.00. The number of halogens is 3. The number of hydrogen-bond donors (Lipinski definition) is 2. The zero-order valence-corrected chi connectivity index (χ0v) is 8.53. The van der Waals surface area contributed by atoms with Crippen LogP contribution in [-0.2, 0) is 9.09 Å². The third-order valence-corrected chi connectivity index (χ3v) is 3.47. The summed E-state index contributed by atoms with van der Waals surface area (Å²) < 4.78 is 12.6. The monoisotopic (exact) mass is 242 g/mol. The highest BCUT2D eigenvalue weighted by molar-refractivity contribution is 7.53. The lowest BCUT2D eigenvalue weighted by Gasteiger charge is -2.21. The van der Waals surface area contributed by atoms with Gasteiger partial charge in [-0.05, 0) is 0 Å². The van der Waals surface area contributed by atoms with Gasteiger partial charge in [0, 0.05) is 7.11 Å². The maximum absolute atomic E-state index is 10.8. The fourth-order valence-electron chi connectivity index (χ4n) is 0.285. The van der Waals surface area contributed by atoms with E-state index in [0.29, 0.717) is 0 Å². The van der Waals surface area contributed by atoms with Gasteiger partial charge in [-0.2, -0.15) is 0 Å². The lowest BCUT2D eigenvalue weighted by atomic mass is 10.8. The number of aliphatic hydroxyl groups excluding tert-OH is 1. The van der Waals surface area contributed by atoms with Crippen molar-refractivity contribution in [3.05, 3.63) is 0 Å². The van der Waals surface area contributed by atoms with Crippen molar-refractivity contribution in [2.45, 2.75) is 9.64 Å². The summed E-state index contributed by atoms with van der Waals surface area (Å²) in [5.74, 6) is -2.04. The molecule has 0 amide bonds. The number of hydrogen-bond acceptors (Lipinski definition) is 3. The first-order valence-electron chi connectivity index (χ1n) is 2.35. The Labute approximate surface area is 78.5 Å². The number of alkyl halides is 3. The van der Waals surface area contributed by atoms with Gasteiger partial charge < -0.3 is 14.5 Å². The Morgan fingerprint density at radius 3 is 2.00 bits per heavy atom. The predicted octanol–water partition coefficient (Wildman–Crippen LogP) is 1.51. The van der Waals surface area contributed by atoms with Crippen molar-refractivity contribution < 1.29 is 19.1 Å². The first-order chi connectivity index (χ1) is 4.72. The average molecular weight is 243 g/mol. The molecule has 0 heterocycles. The largest absolute Gasteiger partial charge is 0.377 e. The van der Waals surface area contributed by atoms with Crippen molar-refractivity contribution in [2.24, 2.45) is 0 Å². The molecule has 0 fully saturated rings. The smallest absolute Gasteiger partial charge is 0.360 e. The second-order valence-electron chi connectivity index (χ2n) is 1.66. The molecule has 0 bridgehead atoms. The fourth-order valence-corrected chi connectivity index (χ4v) is 1.96. The molecular formula is C3H6Cl3O4P. The van der Waals surface area contributed by atoms with E-state index in [1.807, 2.05) is 0 Å². The highest BCUT2D eigenvalue weighted by Gasteiger charge is 2.45. The zero-order chi connectivity index (χ0) is 9.28. The average Bonchev–Trinajstić information content (AvgIpc) is 1.84. The van der Waals surface area contributed by atoms with E-state index in [2.05, 4.69) is 4.52 Å². The minimum Gasteiger partial charge on any atom is -0.377 e. The summed E-state index contributed by atoms with van der Waals surface area (Å²) in [6, 6.07) is 0. The topological polar surface area (TPSA) is 66.8 Å². The molecule has 0 saturated carbocycles. The minimum atomic E-state index is -4.23. The van der Waals surface area contributed by atoms with Crippen LogP contribution in [0.2, 0.25) is 0 Å². The maximum Gasteiger partial charge on any atom is 0.360 e. The lowest BCUT2D eigenvalue weighted by molar-refractivity contribution is 0.191. The van der Waals surface area contributed by atoms with Crippen LogP contribution in [0.1, 0.15) is 0 Å². The molecule has 68 valence electrons. The van der Waals surface area contributed by atoms with E-state index in [4.69, 9.17) is 44.8 Å². The summed E-state index contributed by atoms with van der Waals surface area (Å²) >= 11 is 15.3. The Balaban J connectivity index is 4.49. The Morgan fingerprint density at radius 1 is 1.55 bits per heavy atom. The number of rotatable bonds is 2. The molecule has 0 saturated heterocycles. The summed E-state index contributed by atoms with van der Waals surface area (Å²) in [5, 5.41) is 8.88. The van der Waals surface area contributed by atoms with Crippen molar-refractivity contribution in [1.82, 2.24) is 0 Å². The molecule has 0 spiro atoms. The third kappa shape index (κ3) is 3.47. The molecule has 0 aromatic carbocycles. The minimum absolute atomic E-state index is 0.931. The molecule has 0 radical (unpaired) electrons. The van der Waals surface area contributed by atoms with Gasteiger partial charge in [-0.25, -0.2) is 0 Å². The van der Waals surface area contributed by atoms with Crippen LogP contribution in [0.5, 0.6) is 0 Å². The first-order valence-corrected chi connectivity index (χ1v) is 5.13. The molecule has 8 heteroatoms. The molecule has 4 nitrogen and oxygen atoms in total. The van der Waals surface area contributed by atoms with E-state index in [0.717, 1.165) is 7.11 Å². The Bertz CT molecular complexity index is 178. The van der Waals surface area contributed by atoms with Crippen LogP contribution >= 0.6 is 42.4 Å². The van der Waals surface area contributed by atoms with E-state index in [1.54, 1.807) is 0 Å². The summed E-state index contributed by atoms with van der Waals surface area (Å²) in [6.45, 7) is 0. The molecule has 2 N–H and O–H groups in total. The lowest BCUT2D eigenvalue weighted by Crippen LogP contribution is -2.25. The van der Waals surface area contributed by atoms with Crippen LogP contribution in [-0.4, -0.2) is 26.7 Å². The Morgan fingerprint density at radius 2 is 1.91 bits per heavy atom.